The average Bonchev–Trinajstić information content (AvgIpc) is 2.46. The number of hydrogen-bond donors (Lipinski definition) is 3. The zero-order valence-corrected chi connectivity index (χ0v) is 7.11. The zero-order chi connectivity index (χ0) is 10.0. The minimum Gasteiger partial charge on any atom is -0.481 e. The van der Waals surface area contributed by atoms with E-state index in [1.54, 1.807) is 13.0 Å². The predicted octanol–water partition coefficient (Wildman–Crippen LogP) is 1.68. The highest BCUT2D eigenvalue weighted by molar-refractivity contribution is 5.96. The highest BCUT2D eigenvalue weighted by Gasteiger charge is 2.23. The van der Waals surface area contributed by atoms with Gasteiger partial charge in [-0.2, -0.15) is 0 Å². The van der Waals surface area contributed by atoms with Crippen LogP contribution in [0, 0.1) is 0 Å². The van der Waals surface area contributed by atoms with Crippen molar-refractivity contribution >= 4 is 5.97 Å². The Morgan fingerprint density at radius 1 is 1.31 bits per heavy atom. The maximum atomic E-state index is 10.7. The molecular formula is C9H10O4. The molecule has 0 aromatic rings. The maximum Gasteiger partial charge on any atom is 0.336 e. The molecule has 70 valence electrons. The van der Waals surface area contributed by atoms with Crippen LogP contribution in [-0.2, 0) is 4.79 Å². The molecule has 0 aromatic heterocycles. The van der Waals surface area contributed by atoms with Crippen molar-refractivity contribution in [2.75, 3.05) is 0 Å². The monoisotopic (exact) mass is 182 g/mol. The third-order valence-electron chi connectivity index (χ3n) is 1.88. The first-order chi connectivity index (χ1) is 6.07. The van der Waals surface area contributed by atoms with Crippen molar-refractivity contribution in [2.45, 2.75) is 13.3 Å². The maximum absolute atomic E-state index is 10.7. The van der Waals surface area contributed by atoms with Gasteiger partial charge in [0.15, 0.2) is 0 Å². The summed E-state index contributed by atoms with van der Waals surface area (Å²) in [6.45, 7) is 1.81. The standard InChI is InChI=1S/C9H10O4/c1-2-5-3-4-6(8(10)11)7(5)9(12)13/h3-4,10-11H,2H2,1H3,(H,12,13). The highest BCUT2D eigenvalue weighted by Crippen LogP contribution is 2.27. The molecule has 3 N–H and O–H groups in total. The van der Waals surface area contributed by atoms with Crippen molar-refractivity contribution in [3.8, 4) is 0 Å². The normalized spacial score (nSPS) is 15.3. The summed E-state index contributed by atoms with van der Waals surface area (Å²) in [6.07, 6.45) is 3.51. The fourth-order valence-electron chi connectivity index (χ4n) is 1.26. The third-order valence-corrected chi connectivity index (χ3v) is 1.88. The first-order valence-electron chi connectivity index (χ1n) is 3.85. The van der Waals surface area contributed by atoms with Gasteiger partial charge in [-0.3, -0.25) is 0 Å². The largest absolute Gasteiger partial charge is 0.481 e. The lowest BCUT2D eigenvalue weighted by Gasteiger charge is -2.01. The summed E-state index contributed by atoms with van der Waals surface area (Å²) in [6, 6.07) is 0. The summed E-state index contributed by atoms with van der Waals surface area (Å²) in [5, 5.41) is 26.3. The van der Waals surface area contributed by atoms with Gasteiger partial charge in [-0.05, 0) is 18.1 Å². The van der Waals surface area contributed by atoms with Crippen molar-refractivity contribution < 1.29 is 20.1 Å². The smallest absolute Gasteiger partial charge is 0.336 e. The topological polar surface area (TPSA) is 77.8 Å². The Morgan fingerprint density at radius 3 is 2.31 bits per heavy atom. The van der Waals surface area contributed by atoms with Crippen molar-refractivity contribution in [1.29, 1.82) is 0 Å². The fraction of sp³-hybridized carbons (Fsp3) is 0.222. The lowest BCUT2D eigenvalue weighted by atomic mass is 10.1. The quantitative estimate of drug-likeness (QED) is 0.567. The number of carbonyl (C=O) groups is 1. The van der Waals surface area contributed by atoms with Crippen LogP contribution in [0.3, 0.4) is 0 Å². The van der Waals surface area contributed by atoms with E-state index in [1.165, 1.54) is 6.08 Å². The van der Waals surface area contributed by atoms with E-state index in [-0.39, 0.29) is 11.1 Å². The molecule has 0 unspecified atom stereocenters. The van der Waals surface area contributed by atoms with E-state index >= 15 is 0 Å². The first kappa shape index (κ1) is 9.38. The van der Waals surface area contributed by atoms with Crippen LogP contribution in [-0.4, -0.2) is 21.3 Å². The highest BCUT2D eigenvalue weighted by atomic mass is 16.5. The van der Waals surface area contributed by atoms with Gasteiger partial charge in [0.1, 0.15) is 0 Å². The van der Waals surface area contributed by atoms with Crippen LogP contribution < -0.4 is 0 Å². The van der Waals surface area contributed by atoms with Crippen LogP contribution in [0.15, 0.2) is 34.8 Å². The van der Waals surface area contributed by atoms with E-state index in [0.29, 0.717) is 12.0 Å². The van der Waals surface area contributed by atoms with E-state index in [2.05, 4.69) is 0 Å². The number of carboxylic acids is 1. The lowest BCUT2D eigenvalue weighted by molar-refractivity contribution is -0.132. The number of aliphatic hydroxyl groups is 2. The van der Waals surface area contributed by atoms with Gasteiger partial charge in [-0.15, -0.1) is 0 Å². The van der Waals surface area contributed by atoms with Crippen LogP contribution >= 0.6 is 0 Å². The van der Waals surface area contributed by atoms with E-state index in [4.69, 9.17) is 15.3 Å². The Hall–Kier alpha value is -1.71. The van der Waals surface area contributed by atoms with Gasteiger partial charge in [0.05, 0.1) is 11.1 Å². The van der Waals surface area contributed by atoms with Gasteiger partial charge in [0.25, 0.3) is 5.95 Å². The molecule has 0 aliphatic heterocycles. The second-order valence-electron chi connectivity index (χ2n) is 2.63. The van der Waals surface area contributed by atoms with Crippen LogP contribution in [0.4, 0.5) is 0 Å². The molecule has 0 saturated carbocycles. The van der Waals surface area contributed by atoms with Crippen LogP contribution in [0.5, 0.6) is 0 Å². The molecule has 0 aromatic carbocycles. The molecule has 4 nitrogen and oxygen atoms in total. The molecule has 0 atom stereocenters. The summed E-state index contributed by atoms with van der Waals surface area (Å²) >= 11 is 0. The molecule has 1 aliphatic carbocycles. The summed E-state index contributed by atoms with van der Waals surface area (Å²) in [5.41, 5.74) is 0.551. The molecule has 0 spiro atoms. The van der Waals surface area contributed by atoms with Crippen LogP contribution in [0.1, 0.15) is 13.3 Å². The number of aliphatic hydroxyl groups excluding tert-OH is 1. The van der Waals surface area contributed by atoms with Crippen molar-refractivity contribution in [3.63, 3.8) is 0 Å². The van der Waals surface area contributed by atoms with Crippen molar-refractivity contribution in [3.05, 3.63) is 34.8 Å². The molecule has 0 fully saturated rings. The average molecular weight is 182 g/mol. The molecule has 0 bridgehead atoms. The molecule has 0 saturated heterocycles. The van der Waals surface area contributed by atoms with Gasteiger partial charge < -0.3 is 15.3 Å². The van der Waals surface area contributed by atoms with Crippen LogP contribution in [0.2, 0.25) is 0 Å². The van der Waals surface area contributed by atoms with E-state index < -0.39 is 11.9 Å². The molecule has 0 heterocycles. The second-order valence-corrected chi connectivity index (χ2v) is 2.63. The summed E-state index contributed by atoms with van der Waals surface area (Å²) < 4.78 is 0. The molecule has 4 heteroatoms. The fourth-order valence-corrected chi connectivity index (χ4v) is 1.26. The summed E-state index contributed by atoms with van der Waals surface area (Å²) in [5.74, 6) is -2.09. The Labute approximate surface area is 75.1 Å². The van der Waals surface area contributed by atoms with E-state index in [0.717, 1.165) is 0 Å². The Balaban J connectivity index is 3.24. The summed E-state index contributed by atoms with van der Waals surface area (Å²) in [7, 11) is 0. The van der Waals surface area contributed by atoms with E-state index in [1.807, 2.05) is 0 Å². The second kappa shape index (κ2) is 3.35. The van der Waals surface area contributed by atoms with Gasteiger partial charge in [-0.25, -0.2) is 4.79 Å². The van der Waals surface area contributed by atoms with Gasteiger partial charge in [0, 0.05) is 0 Å². The minimum atomic E-state index is -1.14. The van der Waals surface area contributed by atoms with E-state index in [9.17, 15) is 4.79 Å². The third kappa shape index (κ3) is 1.56. The van der Waals surface area contributed by atoms with Crippen molar-refractivity contribution in [2.24, 2.45) is 0 Å². The van der Waals surface area contributed by atoms with Crippen LogP contribution in [0.25, 0.3) is 0 Å². The molecule has 1 aliphatic rings. The lowest BCUT2D eigenvalue weighted by Crippen LogP contribution is -2.04. The number of aliphatic carboxylic acids is 1. The van der Waals surface area contributed by atoms with Gasteiger partial charge >= 0.3 is 5.97 Å². The molecular weight excluding hydrogens is 172 g/mol. The van der Waals surface area contributed by atoms with Gasteiger partial charge in [-0.1, -0.05) is 13.0 Å². The minimum absolute atomic E-state index is 0.0237. The molecule has 13 heavy (non-hydrogen) atoms. The molecule has 0 amide bonds. The number of carboxylic acid groups (broad SMARTS) is 1. The predicted molar refractivity (Wildman–Crippen MR) is 46.4 cm³/mol. The Bertz CT molecular complexity index is 330. The molecule has 0 radical (unpaired) electrons. The molecule has 1 rings (SSSR count). The number of rotatable bonds is 2. The summed E-state index contributed by atoms with van der Waals surface area (Å²) in [4.78, 5) is 10.7. The zero-order valence-electron chi connectivity index (χ0n) is 7.11. The Kier molecular flexibility index (Phi) is 2.41. The first-order valence-corrected chi connectivity index (χ1v) is 3.85. The van der Waals surface area contributed by atoms with Crippen molar-refractivity contribution in [1.82, 2.24) is 0 Å². The van der Waals surface area contributed by atoms with Gasteiger partial charge in [0.2, 0.25) is 0 Å². The number of hydrogen-bond acceptors (Lipinski definition) is 3. The Morgan fingerprint density at radius 2 is 1.92 bits per heavy atom. The number of allylic oxidation sites excluding steroid dienone is 3. The SMILES string of the molecule is CCC1=C(C(=O)O)C(=C(O)O)C=C1.